The smallest absolute Gasteiger partial charge is 0.303 e. The molecule has 0 aliphatic carbocycles. The van der Waals surface area contributed by atoms with Crippen LogP contribution in [0, 0.1) is 0 Å². The molecule has 2 heterocycles. The summed E-state index contributed by atoms with van der Waals surface area (Å²) in [5.74, 6) is -2.15. The Labute approximate surface area is 101 Å². The Hall–Kier alpha value is -2.78. The Balaban J connectivity index is 0.000000250. The van der Waals surface area contributed by atoms with Crippen LogP contribution in [0.15, 0.2) is 25.3 Å². The fourth-order valence-corrected chi connectivity index (χ4v) is 0.547. The molecule has 4 N–H and O–H groups in total. The number of aromatic amines is 2. The van der Waals surface area contributed by atoms with Crippen LogP contribution >= 0.6 is 0 Å². The molecule has 18 heavy (non-hydrogen) atoms. The molecule has 0 aliphatic rings. The molecule has 0 fully saturated rings. The summed E-state index contributed by atoms with van der Waals surface area (Å²) in [5, 5.41) is 27.8. The monoisotopic (exact) mass is 256 g/mol. The van der Waals surface area contributed by atoms with Gasteiger partial charge in [0.1, 0.15) is 25.3 Å². The second-order valence-corrected chi connectivity index (χ2v) is 2.59. The second kappa shape index (κ2) is 10.7. The largest absolute Gasteiger partial charge is 0.481 e. The van der Waals surface area contributed by atoms with E-state index in [1.807, 2.05) is 0 Å². The molecule has 0 unspecified atom stereocenters. The van der Waals surface area contributed by atoms with Gasteiger partial charge in [0.15, 0.2) is 0 Å². The minimum atomic E-state index is -1.08. The van der Waals surface area contributed by atoms with E-state index in [4.69, 9.17) is 10.2 Å². The number of nitrogens with zero attached hydrogens (tertiary/aromatic N) is 4. The lowest BCUT2D eigenvalue weighted by atomic mass is 10.3. The van der Waals surface area contributed by atoms with Crippen molar-refractivity contribution < 1.29 is 19.8 Å². The molecule has 0 amide bonds. The normalized spacial score (nSPS) is 8.22. The summed E-state index contributed by atoms with van der Waals surface area (Å²) in [6.45, 7) is 0. The van der Waals surface area contributed by atoms with Crippen molar-refractivity contribution in [2.75, 3.05) is 0 Å². The summed E-state index contributed by atoms with van der Waals surface area (Å²) >= 11 is 0. The molecule has 98 valence electrons. The molecule has 10 nitrogen and oxygen atoms in total. The van der Waals surface area contributed by atoms with E-state index in [1.54, 1.807) is 0 Å². The number of carbonyl (C=O) groups is 2. The quantitative estimate of drug-likeness (QED) is 0.574. The van der Waals surface area contributed by atoms with E-state index in [0.717, 1.165) is 0 Å². The number of carboxylic acids is 2. The minimum Gasteiger partial charge on any atom is -0.481 e. The first-order chi connectivity index (χ1) is 8.63. The number of hydrogen-bond donors (Lipinski definition) is 4. The van der Waals surface area contributed by atoms with Crippen LogP contribution in [0.3, 0.4) is 0 Å². The first-order valence-corrected chi connectivity index (χ1v) is 4.64. The fourth-order valence-electron chi connectivity index (χ4n) is 0.547. The lowest BCUT2D eigenvalue weighted by Gasteiger charge is -1.85. The molecule has 0 radical (unpaired) electrons. The Kier molecular flexibility index (Phi) is 9.07. The predicted octanol–water partition coefficient (Wildman–Crippen LogP) is -0.455. The summed E-state index contributed by atoms with van der Waals surface area (Å²) in [7, 11) is 0. The molecule has 2 aromatic rings. The highest BCUT2D eigenvalue weighted by Crippen LogP contribution is 1.86. The second-order valence-electron chi connectivity index (χ2n) is 2.59. The van der Waals surface area contributed by atoms with Gasteiger partial charge in [-0.2, -0.15) is 10.2 Å². The third kappa shape index (κ3) is 13.2. The SMILES string of the molecule is O=C(O)CCC(=O)O.c1nc[nH]n1.c1nc[nH]n1. The number of aliphatic carboxylic acids is 2. The van der Waals surface area contributed by atoms with Gasteiger partial charge in [-0.05, 0) is 0 Å². The number of carboxylic acid groups (broad SMARTS) is 2. The molecule has 0 aromatic carbocycles. The van der Waals surface area contributed by atoms with Crippen molar-refractivity contribution in [2.24, 2.45) is 0 Å². The number of H-pyrrole nitrogens is 2. The van der Waals surface area contributed by atoms with Gasteiger partial charge in [-0.3, -0.25) is 19.8 Å². The van der Waals surface area contributed by atoms with Crippen molar-refractivity contribution in [3.05, 3.63) is 25.3 Å². The highest BCUT2D eigenvalue weighted by atomic mass is 16.4. The average Bonchev–Trinajstić information content (AvgIpc) is 3.03. The first kappa shape index (κ1) is 15.2. The van der Waals surface area contributed by atoms with Crippen molar-refractivity contribution in [1.82, 2.24) is 30.4 Å². The van der Waals surface area contributed by atoms with Gasteiger partial charge in [-0.15, -0.1) is 0 Å². The molecule has 0 aliphatic heterocycles. The van der Waals surface area contributed by atoms with Crippen molar-refractivity contribution in [2.45, 2.75) is 12.8 Å². The van der Waals surface area contributed by atoms with Crippen molar-refractivity contribution in [3.63, 3.8) is 0 Å². The van der Waals surface area contributed by atoms with Gasteiger partial charge in [-0.25, -0.2) is 9.97 Å². The zero-order chi connectivity index (χ0) is 13.6. The Morgan fingerprint density at radius 3 is 1.39 bits per heavy atom. The summed E-state index contributed by atoms with van der Waals surface area (Å²) in [6, 6.07) is 0. The van der Waals surface area contributed by atoms with Crippen LogP contribution in [0.2, 0.25) is 0 Å². The number of nitrogens with one attached hydrogen (secondary N) is 2. The van der Waals surface area contributed by atoms with E-state index in [0.29, 0.717) is 0 Å². The Morgan fingerprint density at radius 2 is 1.28 bits per heavy atom. The Bertz CT molecular complexity index is 326. The van der Waals surface area contributed by atoms with Gasteiger partial charge >= 0.3 is 11.9 Å². The number of hydrogen-bond acceptors (Lipinski definition) is 6. The molecule has 0 saturated heterocycles. The fraction of sp³-hybridized carbons (Fsp3) is 0.250. The molecule has 2 rings (SSSR count). The maximum Gasteiger partial charge on any atom is 0.303 e. The van der Waals surface area contributed by atoms with E-state index in [9.17, 15) is 9.59 Å². The van der Waals surface area contributed by atoms with Crippen LogP contribution in [0.5, 0.6) is 0 Å². The van der Waals surface area contributed by atoms with E-state index in [-0.39, 0.29) is 12.8 Å². The average molecular weight is 256 g/mol. The Morgan fingerprint density at radius 1 is 0.889 bits per heavy atom. The summed E-state index contributed by atoms with van der Waals surface area (Å²) in [4.78, 5) is 26.4. The maximum atomic E-state index is 9.64. The van der Waals surface area contributed by atoms with Crippen molar-refractivity contribution in [1.29, 1.82) is 0 Å². The van der Waals surface area contributed by atoms with Crippen LogP contribution in [-0.4, -0.2) is 52.5 Å². The van der Waals surface area contributed by atoms with Crippen LogP contribution < -0.4 is 0 Å². The van der Waals surface area contributed by atoms with E-state index >= 15 is 0 Å². The van der Waals surface area contributed by atoms with Gasteiger partial charge in [0, 0.05) is 0 Å². The number of aromatic nitrogens is 6. The first-order valence-electron chi connectivity index (χ1n) is 4.64. The zero-order valence-corrected chi connectivity index (χ0v) is 9.22. The molecule has 0 saturated carbocycles. The van der Waals surface area contributed by atoms with Crippen LogP contribution in [-0.2, 0) is 9.59 Å². The molecule has 2 aromatic heterocycles. The van der Waals surface area contributed by atoms with E-state index in [1.165, 1.54) is 25.3 Å². The standard InChI is InChI=1S/C4H6O4.2C2H3N3/c5-3(6)1-2-4(7)8;2*1-3-2-5-4-1/h1-2H2,(H,5,6)(H,7,8);2*1-2H,(H,3,4,5). The van der Waals surface area contributed by atoms with Gasteiger partial charge < -0.3 is 10.2 Å². The highest BCUT2D eigenvalue weighted by Gasteiger charge is 2.00. The van der Waals surface area contributed by atoms with Crippen molar-refractivity contribution >= 4 is 11.9 Å². The summed E-state index contributed by atoms with van der Waals surface area (Å²) in [6.07, 6.45) is 5.32. The van der Waals surface area contributed by atoms with Crippen molar-refractivity contribution in [3.8, 4) is 0 Å². The third-order valence-electron chi connectivity index (χ3n) is 1.22. The molecular weight excluding hydrogens is 244 g/mol. The predicted molar refractivity (Wildman–Crippen MR) is 57.3 cm³/mol. The summed E-state index contributed by atoms with van der Waals surface area (Å²) < 4.78 is 0. The van der Waals surface area contributed by atoms with Gasteiger partial charge in [0.05, 0.1) is 12.8 Å². The molecule has 0 bridgehead atoms. The van der Waals surface area contributed by atoms with Crippen LogP contribution in [0.25, 0.3) is 0 Å². The van der Waals surface area contributed by atoms with Crippen LogP contribution in [0.1, 0.15) is 12.8 Å². The van der Waals surface area contributed by atoms with Gasteiger partial charge in [0.25, 0.3) is 0 Å². The van der Waals surface area contributed by atoms with E-state index < -0.39 is 11.9 Å². The lowest BCUT2D eigenvalue weighted by Crippen LogP contribution is -2.00. The van der Waals surface area contributed by atoms with Gasteiger partial charge in [-0.1, -0.05) is 0 Å². The molecule has 0 spiro atoms. The molecule has 10 heteroatoms. The summed E-state index contributed by atoms with van der Waals surface area (Å²) in [5.41, 5.74) is 0. The van der Waals surface area contributed by atoms with E-state index in [2.05, 4.69) is 30.4 Å². The van der Waals surface area contributed by atoms with Gasteiger partial charge in [0.2, 0.25) is 0 Å². The maximum absolute atomic E-state index is 9.64. The zero-order valence-electron chi connectivity index (χ0n) is 9.22. The topological polar surface area (TPSA) is 158 Å². The number of rotatable bonds is 3. The molecular formula is C8H12N6O4. The highest BCUT2D eigenvalue weighted by molar-refractivity contribution is 5.75. The lowest BCUT2D eigenvalue weighted by molar-refractivity contribution is -0.143. The van der Waals surface area contributed by atoms with Crippen LogP contribution in [0.4, 0.5) is 0 Å². The molecule has 0 atom stereocenters. The third-order valence-corrected chi connectivity index (χ3v) is 1.22. The minimum absolute atomic E-state index is 0.296.